The predicted molar refractivity (Wildman–Crippen MR) is 127 cm³/mol. The Balaban J connectivity index is 1.44. The monoisotopic (exact) mass is 466 g/mol. The van der Waals surface area contributed by atoms with Gasteiger partial charge in [-0.05, 0) is 36.5 Å². The molecule has 1 aliphatic carbocycles. The first kappa shape index (κ1) is 21.1. The van der Waals surface area contributed by atoms with Crippen molar-refractivity contribution < 1.29 is 14.6 Å². The Kier molecular flexibility index (Phi) is 5.01. The van der Waals surface area contributed by atoms with Crippen molar-refractivity contribution in [1.82, 2.24) is 19.4 Å². The predicted octanol–water partition coefficient (Wildman–Crippen LogP) is 3.07. The van der Waals surface area contributed by atoms with Crippen molar-refractivity contribution in [3.05, 3.63) is 46.0 Å². The quantitative estimate of drug-likeness (QED) is 0.605. The SMILES string of the molecule is COc1ccc2c3c(n(C)c2c1)[C@@H](CO)N(Cc1nccs1)CC31CN(C(=O)CC2CC2)C1. The van der Waals surface area contributed by atoms with E-state index in [0.717, 1.165) is 41.6 Å². The van der Waals surface area contributed by atoms with Gasteiger partial charge in [0.15, 0.2) is 0 Å². The summed E-state index contributed by atoms with van der Waals surface area (Å²) >= 11 is 1.65. The summed E-state index contributed by atoms with van der Waals surface area (Å²) in [5.41, 5.74) is 3.42. The van der Waals surface area contributed by atoms with E-state index in [1.807, 2.05) is 22.5 Å². The first-order valence-corrected chi connectivity index (χ1v) is 12.6. The number of fused-ring (bicyclic) bond motifs is 4. The van der Waals surface area contributed by atoms with Crippen LogP contribution in [0.25, 0.3) is 10.9 Å². The van der Waals surface area contributed by atoms with Gasteiger partial charge in [-0.2, -0.15) is 0 Å². The van der Waals surface area contributed by atoms with Gasteiger partial charge in [0.2, 0.25) is 5.91 Å². The van der Waals surface area contributed by atoms with E-state index in [-0.39, 0.29) is 18.1 Å². The Bertz CT molecular complexity index is 1190. The van der Waals surface area contributed by atoms with Crippen LogP contribution in [0.15, 0.2) is 29.8 Å². The second kappa shape index (κ2) is 7.82. The van der Waals surface area contributed by atoms with Crippen LogP contribution in [0.1, 0.15) is 41.6 Å². The third-order valence-electron chi connectivity index (χ3n) is 7.74. The van der Waals surface area contributed by atoms with E-state index in [4.69, 9.17) is 4.74 Å². The number of carbonyl (C=O) groups excluding carboxylic acids is 1. The first-order chi connectivity index (χ1) is 16.0. The molecule has 6 rings (SSSR count). The van der Waals surface area contributed by atoms with Gasteiger partial charge >= 0.3 is 0 Å². The summed E-state index contributed by atoms with van der Waals surface area (Å²) in [7, 11) is 3.77. The second-order valence-electron chi connectivity index (χ2n) is 9.91. The van der Waals surface area contributed by atoms with E-state index in [9.17, 15) is 9.90 Å². The molecule has 1 atom stereocenters. The molecule has 8 heteroatoms. The molecule has 0 bridgehead atoms. The van der Waals surface area contributed by atoms with Crippen molar-refractivity contribution in [3.63, 3.8) is 0 Å². The number of hydrogen-bond donors (Lipinski definition) is 1. The highest BCUT2D eigenvalue weighted by atomic mass is 32.1. The number of nitrogens with zero attached hydrogens (tertiary/aromatic N) is 4. The van der Waals surface area contributed by atoms with Crippen LogP contribution in [-0.4, -0.2) is 63.7 Å². The zero-order valence-electron chi connectivity index (χ0n) is 19.2. The van der Waals surface area contributed by atoms with E-state index in [1.54, 1.807) is 18.4 Å². The standard InChI is InChI=1S/C25H30N4O3S/c1-27-19-10-17(32-2)5-6-18(19)23-24(27)20(12-30)28(11-21-26-7-8-33-21)13-25(23)14-29(15-25)22(31)9-16-3-4-16/h5-8,10,16,20,30H,3-4,9,11-15H2,1-2H3/t20-/m1/s1. The molecule has 1 amide bonds. The number of aromatic nitrogens is 2. The summed E-state index contributed by atoms with van der Waals surface area (Å²) in [4.78, 5) is 21.8. The van der Waals surface area contributed by atoms with Gasteiger partial charge in [-0.25, -0.2) is 4.98 Å². The van der Waals surface area contributed by atoms with Crippen LogP contribution in [0.5, 0.6) is 5.75 Å². The van der Waals surface area contributed by atoms with Crippen LogP contribution in [0.4, 0.5) is 0 Å². The number of aryl methyl sites for hydroxylation is 1. The third kappa shape index (κ3) is 3.38. The molecule has 2 fully saturated rings. The molecule has 1 N–H and O–H groups in total. The molecule has 3 aromatic rings. The van der Waals surface area contributed by atoms with E-state index >= 15 is 0 Å². The molecule has 3 aliphatic rings. The zero-order chi connectivity index (χ0) is 22.7. The minimum Gasteiger partial charge on any atom is -0.497 e. The summed E-state index contributed by atoms with van der Waals surface area (Å²) in [6, 6.07) is 6.12. The molecule has 2 aromatic heterocycles. The second-order valence-corrected chi connectivity index (χ2v) is 10.9. The van der Waals surface area contributed by atoms with E-state index in [0.29, 0.717) is 24.8 Å². The molecule has 174 valence electrons. The number of hydrogen-bond acceptors (Lipinski definition) is 6. The van der Waals surface area contributed by atoms with Crippen LogP contribution < -0.4 is 4.74 Å². The third-order valence-corrected chi connectivity index (χ3v) is 8.50. The highest BCUT2D eigenvalue weighted by Crippen LogP contribution is 2.50. The lowest BCUT2D eigenvalue weighted by Crippen LogP contribution is -2.67. The summed E-state index contributed by atoms with van der Waals surface area (Å²) in [6.07, 6.45) is 4.92. The Morgan fingerprint density at radius 3 is 2.79 bits per heavy atom. The number of amides is 1. The largest absolute Gasteiger partial charge is 0.497 e. The molecule has 0 radical (unpaired) electrons. The molecule has 1 aromatic carbocycles. The molecular weight excluding hydrogens is 436 g/mol. The van der Waals surface area contributed by atoms with Crippen LogP contribution >= 0.6 is 11.3 Å². The highest BCUT2D eigenvalue weighted by Gasteiger charge is 2.54. The van der Waals surface area contributed by atoms with E-state index < -0.39 is 0 Å². The van der Waals surface area contributed by atoms with Crippen LogP contribution in [0, 0.1) is 5.92 Å². The number of methoxy groups -OCH3 is 1. The fourth-order valence-corrected chi connectivity index (χ4v) is 6.59. The minimum absolute atomic E-state index is 0.0417. The molecule has 1 saturated heterocycles. The number of ether oxygens (including phenoxy) is 1. The van der Waals surface area contributed by atoms with Gasteiger partial charge in [-0.1, -0.05) is 0 Å². The topological polar surface area (TPSA) is 70.8 Å². The average molecular weight is 467 g/mol. The molecular formula is C25H30N4O3S. The van der Waals surface area contributed by atoms with Crippen LogP contribution in [0.2, 0.25) is 0 Å². The van der Waals surface area contributed by atoms with Gasteiger partial charge in [0.1, 0.15) is 10.8 Å². The smallest absolute Gasteiger partial charge is 0.222 e. The lowest BCUT2D eigenvalue weighted by molar-refractivity contribution is -0.141. The summed E-state index contributed by atoms with van der Waals surface area (Å²) < 4.78 is 7.73. The Hall–Kier alpha value is -2.42. The van der Waals surface area contributed by atoms with Crippen LogP contribution in [-0.2, 0) is 23.8 Å². The highest BCUT2D eigenvalue weighted by molar-refractivity contribution is 7.09. The number of carbonyl (C=O) groups is 1. The molecule has 1 spiro atoms. The fraction of sp³-hybridized carbons (Fsp3) is 0.520. The van der Waals surface area contributed by atoms with Crippen molar-refractivity contribution in [2.45, 2.75) is 37.3 Å². The van der Waals surface area contributed by atoms with Gasteiger partial charge in [0.05, 0.1) is 31.8 Å². The number of aliphatic hydroxyl groups excluding tert-OH is 1. The maximum atomic E-state index is 12.9. The number of aliphatic hydroxyl groups is 1. The van der Waals surface area contributed by atoms with Crippen molar-refractivity contribution in [2.75, 3.05) is 33.4 Å². The van der Waals surface area contributed by atoms with Gasteiger partial charge in [-0.15, -0.1) is 11.3 Å². The summed E-state index contributed by atoms with van der Waals surface area (Å²) in [5.74, 6) is 1.72. The lowest BCUT2D eigenvalue weighted by atomic mass is 9.68. The zero-order valence-corrected chi connectivity index (χ0v) is 20.0. The number of likely N-dealkylation sites (tertiary alicyclic amines) is 1. The minimum atomic E-state index is -0.133. The molecule has 0 unspecified atom stereocenters. The van der Waals surface area contributed by atoms with Gasteiger partial charge in [0.25, 0.3) is 0 Å². The normalized spacial score (nSPS) is 21.9. The van der Waals surface area contributed by atoms with Crippen molar-refractivity contribution in [1.29, 1.82) is 0 Å². The molecule has 33 heavy (non-hydrogen) atoms. The first-order valence-electron chi connectivity index (χ1n) is 11.7. The average Bonchev–Trinajstić information content (AvgIpc) is 3.36. The molecule has 7 nitrogen and oxygen atoms in total. The lowest BCUT2D eigenvalue weighted by Gasteiger charge is -2.56. The van der Waals surface area contributed by atoms with Crippen molar-refractivity contribution in [3.8, 4) is 5.75 Å². The molecule has 1 saturated carbocycles. The maximum Gasteiger partial charge on any atom is 0.222 e. The van der Waals surface area contributed by atoms with Crippen molar-refractivity contribution >= 4 is 28.1 Å². The van der Waals surface area contributed by atoms with E-state index in [2.05, 4.69) is 33.6 Å². The van der Waals surface area contributed by atoms with E-state index in [1.165, 1.54) is 23.8 Å². The maximum absolute atomic E-state index is 12.9. The van der Waals surface area contributed by atoms with Crippen LogP contribution in [0.3, 0.4) is 0 Å². The van der Waals surface area contributed by atoms with Gasteiger partial charge in [-0.3, -0.25) is 9.69 Å². The molecule has 2 aliphatic heterocycles. The summed E-state index contributed by atoms with van der Waals surface area (Å²) in [5, 5.41) is 14.8. The Morgan fingerprint density at radius 2 is 2.12 bits per heavy atom. The van der Waals surface area contributed by atoms with Crippen molar-refractivity contribution in [2.24, 2.45) is 13.0 Å². The molecule has 4 heterocycles. The summed E-state index contributed by atoms with van der Waals surface area (Å²) in [6.45, 7) is 3.03. The Morgan fingerprint density at radius 1 is 1.30 bits per heavy atom. The Labute approximate surface area is 197 Å². The fourth-order valence-electron chi connectivity index (χ4n) is 5.95. The van der Waals surface area contributed by atoms with Gasteiger partial charge < -0.3 is 19.3 Å². The number of rotatable bonds is 6. The number of benzene rings is 1. The number of thiazole rings is 1. The van der Waals surface area contributed by atoms with Gasteiger partial charge in [0, 0.05) is 67.2 Å².